The largest absolute Gasteiger partial charge is 0.468 e. The number of para-hydroxylation sites is 2. The van der Waals surface area contributed by atoms with Crippen LogP contribution in [-0.2, 0) is 27.3 Å². The third-order valence-electron chi connectivity index (χ3n) is 4.57. The summed E-state index contributed by atoms with van der Waals surface area (Å²) in [5, 5.41) is 2.99. The summed E-state index contributed by atoms with van der Waals surface area (Å²) in [5.74, 6) is 1.12. The van der Waals surface area contributed by atoms with E-state index >= 15 is 0 Å². The number of amides is 1. The summed E-state index contributed by atoms with van der Waals surface area (Å²) in [5.41, 5.74) is 1.86. The second-order valence-corrected chi connectivity index (χ2v) is 6.55. The van der Waals surface area contributed by atoms with E-state index in [9.17, 15) is 9.59 Å². The van der Waals surface area contributed by atoms with Crippen LogP contribution in [0.25, 0.3) is 11.0 Å². The first-order valence-corrected chi connectivity index (χ1v) is 8.97. The van der Waals surface area contributed by atoms with Crippen LogP contribution >= 0.6 is 0 Å². The molecular formula is C19H25N3O3. The van der Waals surface area contributed by atoms with Crippen molar-refractivity contribution in [3.63, 3.8) is 0 Å². The predicted molar refractivity (Wildman–Crippen MR) is 95.0 cm³/mol. The molecule has 134 valence electrons. The van der Waals surface area contributed by atoms with Crippen LogP contribution in [-0.4, -0.2) is 35.1 Å². The summed E-state index contributed by atoms with van der Waals surface area (Å²) in [4.78, 5) is 27.9. The minimum absolute atomic E-state index is 0.184. The number of rotatable bonds is 9. The van der Waals surface area contributed by atoms with E-state index in [1.807, 2.05) is 28.8 Å². The molecule has 1 heterocycles. The number of nitrogens with zero attached hydrogens (tertiary/aromatic N) is 2. The Labute approximate surface area is 147 Å². The number of nitrogens with one attached hydrogen (secondary N) is 1. The smallest absolute Gasteiger partial charge is 0.325 e. The summed E-state index contributed by atoms with van der Waals surface area (Å²) in [7, 11) is 1.40. The second-order valence-electron chi connectivity index (χ2n) is 6.55. The molecule has 0 spiro atoms. The van der Waals surface area contributed by atoms with Crippen LogP contribution < -0.4 is 5.32 Å². The maximum absolute atomic E-state index is 11.7. The van der Waals surface area contributed by atoms with Crippen LogP contribution in [0.3, 0.4) is 0 Å². The van der Waals surface area contributed by atoms with Gasteiger partial charge in [-0.05, 0) is 37.8 Å². The lowest BCUT2D eigenvalue weighted by molar-refractivity contribution is -0.141. The Kier molecular flexibility index (Phi) is 5.68. The van der Waals surface area contributed by atoms with Crippen molar-refractivity contribution in [3.05, 3.63) is 30.1 Å². The van der Waals surface area contributed by atoms with Gasteiger partial charge in [-0.3, -0.25) is 9.59 Å². The van der Waals surface area contributed by atoms with Gasteiger partial charge >= 0.3 is 5.97 Å². The van der Waals surface area contributed by atoms with Gasteiger partial charge in [0.05, 0.1) is 18.1 Å². The van der Waals surface area contributed by atoms with Gasteiger partial charge in [0.1, 0.15) is 12.4 Å². The van der Waals surface area contributed by atoms with Crippen LogP contribution in [0.1, 0.15) is 37.9 Å². The van der Waals surface area contributed by atoms with E-state index in [2.05, 4.69) is 10.3 Å². The highest BCUT2D eigenvalue weighted by Crippen LogP contribution is 2.28. The molecule has 6 nitrogen and oxygen atoms in total. The van der Waals surface area contributed by atoms with Crippen LogP contribution in [0.15, 0.2) is 24.3 Å². The summed E-state index contributed by atoms with van der Waals surface area (Å²) >= 11 is 0. The van der Waals surface area contributed by atoms with E-state index in [0.717, 1.165) is 61.9 Å². The van der Waals surface area contributed by atoms with E-state index in [1.165, 1.54) is 7.11 Å². The predicted octanol–water partition coefficient (Wildman–Crippen LogP) is 2.45. The topological polar surface area (TPSA) is 73.2 Å². The fraction of sp³-hybridized carbons (Fsp3) is 0.526. The molecule has 2 aromatic rings. The van der Waals surface area contributed by atoms with Gasteiger partial charge in [-0.25, -0.2) is 4.98 Å². The molecule has 0 saturated heterocycles. The number of unbranched alkanes of at least 4 members (excludes halogenated alkanes) is 2. The molecule has 0 unspecified atom stereocenters. The molecule has 1 aliphatic carbocycles. The molecule has 0 radical (unpaired) electrons. The molecule has 1 aromatic heterocycles. The molecule has 0 aliphatic heterocycles. The SMILES string of the molecule is COC(=O)Cn1c(CCCCCNC(=O)C2CC2)nc2ccccc21. The van der Waals surface area contributed by atoms with Gasteiger partial charge in [-0.15, -0.1) is 0 Å². The molecule has 1 fully saturated rings. The number of carbonyl (C=O) groups is 2. The Balaban J connectivity index is 1.52. The molecule has 1 aromatic carbocycles. The molecule has 1 amide bonds. The monoisotopic (exact) mass is 343 g/mol. The van der Waals surface area contributed by atoms with Crippen molar-refractivity contribution in [1.82, 2.24) is 14.9 Å². The molecule has 1 N–H and O–H groups in total. The number of aryl methyl sites for hydroxylation is 1. The van der Waals surface area contributed by atoms with Crippen molar-refractivity contribution >= 4 is 22.9 Å². The Morgan fingerprint density at radius 3 is 2.80 bits per heavy atom. The minimum Gasteiger partial charge on any atom is -0.468 e. The molecule has 25 heavy (non-hydrogen) atoms. The average Bonchev–Trinajstić information content (AvgIpc) is 3.42. The van der Waals surface area contributed by atoms with Gasteiger partial charge in [-0.2, -0.15) is 0 Å². The highest BCUT2D eigenvalue weighted by molar-refractivity contribution is 5.80. The fourth-order valence-corrected chi connectivity index (χ4v) is 2.97. The Morgan fingerprint density at radius 2 is 2.04 bits per heavy atom. The van der Waals surface area contributed by atoms with Crippen molar-refractivity contribution in [2.75, 3.05) is 13.7 Å². The molecular weight excluding hydrogens is 318 g/mol. The number of benzene rings is 1. The van der Waals surface area contributed by atoms with Crippen molar-refractivity contribution < 1.29 is 14.3 Å². The average molecular weight is 343 g/mol. The van der Waals surface area contributed by atoms with Gasteiger partial charge in [0.25, 0.3) is 0 Å². The van der Waals surface area contributed by atoms with Crippen LogP contribution in [0.2, 0.25) is 0 Å². The number of fused-ring (bicyclic) bond motifs is 1. The highest BCUT2D eigenvalue weighted by Gasteiger charge is 2.28. The van der Waals surface area contributed by atoms with Gasteiger partial charge in [0.2, 0.25) is 5.91 Å². The second kappa shape index (κ2) is 8.14. The molecule has 0 bridgehead atoms. The molecule has 6 heteroatoms. The quantitative estimate of drug-likeness (QED) is 0.561. The number of hydrogen-bond acceptors (Lipinski definition) is 4. The van der Waals surface area contributed by atoms with Crippen molar-refractivity contribution in [1.29, 1.82) is 0 Å². The zero-order chi connectivity index (χ0) is 17.6. The first-order chi connectivity index (χ1) is 12.2. The van der Waals surface area contributed by atoms with Crippen LogP contribution in [0.5, 0.6) is 0 Å². The highest BCUT2D eigenvalue weighted by atomic mass is 16.5. The van der Waals surface area contributed by atoms with E-state index in [4.69, 9.17) is 4.74 Å². The lowest BCUT2D eigenvalue weighted by Crippen LogP contribution is -2.25. The van der Waals surface area contributed by atoms with E-state index in [-0.39, 0.29) is 24.3 Å². The standard InChI is InChI=1S/C19H25N3O3/c1-25-18(23)13-22-16-8-5-4-7-15(16)21-17(22)9-3-2-6-12-20-19(24)14-10-11-14/h4-5,7-8,14H,2-3,6,9-13H2,1H3,(H,20,24). The number of hydrogen-bond donors (Lipinski definition) is 1. The minimum atomic E-state index is -0.271. The number of methoxy groups -OCH3 is 1. The summed E-state index contributed by atoms with van der Waals surface area (Å²) < 4.78 is 6.74. The zero-order valence-electron chi connectivity index (χ0n) is 14.7. The maximum atomic E-state index is 11.7. The lowest BCUT2D eigenvalue weighted by Gasteiger charge is -2.08. The third kappa shape index (κ3) is 4.59. The van der Waals surface area contributed by atoms with E-state index < -0.39 is 0 Å². The number of esters is 1. The molecule has 0 atom stereocenters. The number of ether oxygens (including phenoxy) is 1. The fourth-order valence-electron chi connectivity index (χ4n) is 2.97. The Hall–Kier alpha value is -2.37. The van der Waals surface area contributed by atoms with Gasteiger partial charge in [0.15, 0.2) is 0 Å². The van der Waals surface area contributed by atoms with Gasteiger partial charge < -0.3 is 14.6 Å². The van der Waals surface area contributed by atoms with E-state index in [0.29, 0.717) is 0 Å². The normalized spacial score (nSPS) is 13.8. The molecule has 3 rings (SSSR count). The molecule has 1 saturated carbocycles. The molecule has 1 aliphatic rings. The van der Waals surface area contributed by atoms with Gasteiger partial charge in [-0.1, -0.05) is 18.6 Å². The van der Waals surface area contributed by atoms with Crippen molar-refractivity contribution in [2.24, 2.45) is 5.92 Å². The Bertz CT molecular complexity index is 749. The van der Waals surface area contributed by atoms with Crippen LogP contribution in [0.4, 0.5) is 0 Å². The first-order valence-electron chi connectivity index (χ1n) is 8.97. The maximum Gasteiger partial charge on any atom is 0.325 e. The van der Waals surface area contributed by atoms with Crippen LogP contribution in [0, 0.1) is 5.92 Å². The summed E-state index contributed by atoms with van der Waals surface area (Å²) in [6.45, 7) is 0.928. The Morgan fingerprint density at radius 1 is 1.24 bits per heavy atom. The van der Waals surface area contributed by atoms with E-state index in [1.54, 1.807) is 0 Å². The lowest BCUT2D eigenvalue weighted by atomic mass is 10.2. The van der Waals surface area contributed by atoms with Crippen molar-refractivity contribution in [2.45, 2.75) is 45.1 Å². The number of aromatic nitrogens is 2. The van der Waals surface area contributed by atoms with Gasteiger partial charge in [0, 0.05) is 18.9 Å². The number of carbonyl (C=O) groups excluding carboxylic acids is 2. The summed E-state index contributed by atoms with van der Waals surface area (Å²) in [6.07, 6.45) is 5.86. The van der Waals surface area contributed by atoms with Crippen molar-refractivity contribution in [3.8, 4) is 0 Å². The number of imidazole rings is 1. The first kappa shape index (κ1) is 17.5. The zero-order valence-corrected chi connectivity index (χ0v) is 14.7. The third-order valence-corrected chi connectivity index (χ3v) is 4.57. The summed E-state index contributed by atoms with van der Waals surface area (Å²) in [6, 6.07) is 7.83.